The minimum atomic E-state index is -1.40. The molecule has 10 heteroatoms. The highest BCUT2D eigenvalue weighted by Crippen LogP contribution is 2.46. The molecule has 0 aromatic carbocycles. The zero-order valence-electron chi connectivity index (χ0n) is 44.6. The van der Waals surface area contributed by atoms with E-state index in [0.29, 0.717) is 19.3 Å². The van der Waals surface area contributed by atoms with Gasteiger partial charge in [0.1, 0.15) is 30.5 Å². The number of allylic oxidation sites excluding steroid dienone is 5. The van der Waals surface area contributed by atoms with Gasteiger partial charge in [0.2, 0.25) is 5.91 Å². The summed E-state index contributed by atoms with van der Waals surface area (Å²) in [7, 11) is 0. The van der Waals surface area contributed by atoms with Crippen molar-refractivity contribution in [1.29, 1.82) is 0 Å². The second-order valence-electron chi connectivity index (χ2n) is 21.9. The molecule has 3 rings (SSSR count). The van der Waals surface area contributed by atoms with Gasteiger partial charge in [0.15, 0.2) is 6.29 Å². The Bertz CT molecular complexity index is 1350. The Balaban J connectivity index is 1.37. The van der Waals surface area contributed by atoms with Crippen molar-refractivity contribution in [2.75, 3.05) is 19.8 Å². The van der Waals surface area contributed by atoms with Gasteiger partial charge in [-0.15, -0.1) is 0 Å². The number of amides is 1. The molecule has 0 aromatic heterocycles. The highest BCUT2D eigenvalue weighted by molar-refractivity contribution is 5.80. The molecule has 1 amide bonds. The Morgan fingerprint density at radius 1 is 0.609 bits per heavy atom. The van der Waals surface area contributed by atoms with Gasteiger partial charge in [-0.1, -0.05) is 191 Å². The van der Waals surface area contributed by atoms with Gasteiger partial charge in [-0.2, -0.15) is 0 Å². The molecule has 0 radical (unpaired) electrons. The van der Waals surface area contributed by atoms with Crippen LogP contribution in [0.4, 0.5) is 0 Å². The van der Waals surface area contributed by atoms with E-state index >= 15 is 0 Å². The monoisotopic (exact) mass is 974 g/mol. The Labute approximate surface area is 422 Å². The maximum atomic E-state index is 13.4. The zero-order chi connectivity index (χ0) is 49.9. The first-order valence-corrected chi connectivity index (χ1v) is 29.0. The lowest BCUT2D eigenvalue weighted by Gasteiger charge is -2.42. The van der Waals surface area contributed by atoms with Gasteiger partial charge in [-0.25, -0.2) is 0 Å². The van der Waals surface area contributed by atoms with E-state index in [2.05, 4.69) is 43.5 Å². The summed E-state index contributed by atoms with van der Waals surface area (Å²) in [5.74, 6) is 3.24. The predicted octanol–water partition coefficient (Wildman–Crippen LogP) is 12.5. The molecule has 0 spiro atoms. The predicted molar refractivity (Wildman–Crippen MR) is 283 cm³/mol. The summed E-state index contributed by atoms with van der Waals surface area (Å²) < 4.78 is 17.8. The van der Waals surface area contributed by atoms with Crippen LogP contribution >= 0.6 is 0 Å². The van der Waals surface area contributed by atoms with Crippen molar-refractivity contribution >= 4 is 5.91 Å². The van der Waals surface area contributed by atoms with Gasteiger partial charge in [0, 0.05) is 0 Å². The van der Waals surface area contributed by atoms with Gasteiger partial charge < -0.3 is 45.1 Å². The number of hydrogen-bond donors (Lipinski definition) is 6. The quantitative estimate of drug-likeness (QED) is 0.0258. The summed E-state index contributed by atoms with van der Waals surface area (Å²) in [5, 5.41) is 56.6. The summed E-state index contributed by atoms with van der Waals surface area (Å²) in [6, 6.07) is -0.890. The highest BCUT2D eigenvalue weighted by Gasteiger charge is 2.46. The molecule has 402 valence electrons. The molecule has 0 aromatic rings. The van der Waals surface area contributed by atoms with Crippen molar-refractivity contribution in [3.05, 3.63) is 36.0 Å². The van der Waals surface area contributed by atoms with Crippen molar-refractivity contribution in [3.8, 4) is 0 Å². The molecule has 10 nitrogen and oxygen atoms in total. The second kappa shape index (κ2) is 38.9. The Hall–Kier alpha value is -1.63. The molecule has 12 atom stereocenters. The van der Waals surface area contributed by atoms with Gasteiger partial charge in [-0.3, -0.25) is 4.79 Å². The summed E-state index contributed by atoms with van der Waals surface area (Å²) >= 11 is 0. The molecule has 0 unspecified atom stereocenters. The number of nitrogens with one attached hydrogen (secondary N) is 1. The molecule has 1 aliphatic heterocycles. The molecule has 2 saturated carbocycles. The van der Waals surface area contributed by atoms with E-state index in [-0.39, 0.29) is 19.6 Å². The van der Waals surface area contributed by atoms with E-state index in [4.69, 9.17) is 14.2 Å². The lowest BCUT2D eigenvalue weighted by atomic mass is 9.99. The largest absolute Gasteiger partial charge is 0.394 e. The van der Waals surface area contributed by atoms with Crippen LogP contribution in [0.25, 0.3) is 0 Å². The molecule has 1 saturated heterocycles. The average molecular weight is 975 g/mol. The summed E-state index contributed by atoms with van der Waals surface area (Å²) in [5.41, 5.74) is 1.01. The van der Waals surface area contributed by atoms with E-state index in [1.165, 1.54) is 161 Å². The van der Waals surface area contributed by atoms with Crippen LogP contribution in [-0.2, 0) is 19.0 Å². The van der Waals surface area contributed by atoms with Crippen molar-refractivity contribution in [2.45, 2.75) is 289 Å². The number of carbonyl (C=O) groups excluding carboxylic acids is 1. The molecule has 2 aliphatic carbocycles. The van der Waals surface area contributed by atoms with Crippen LogP contribution in [0.1, 0.15) is 240 Å². The zero-order valence-corrected chi connectivity index (χ0v) is 44.6. The normalized spacial score (nSPS) is 25.8. The number of rotatable bonds is 45. The maximum Gasteiger partial charge on any atom is 0.249 e. The Kier molecular flexibility index (Phi) is 34.8. The number of aliphatic hydroxyl groups excluding tert-OH is 5. The number of aliphatic hydroxyl groups is 5. The van der Waals surface area contributed by atoms with Gasteiger partial charge >= 0.3 is 0 Å². The standard InChI is InChI=1S/C59H107NO9/c1-5-7-9-11-13-16-22-28-34-47-42-49(47)36-30-24-18-15-19-26-32-38-52(62)51(45-68-59-57(67-41-40-46(3)4)56(65)55(64)54(44-61)69-59)60-58(66)53(63)39-33-27-21-20-25-31-37-50-43-48(50)35-29-23-17-14-12-10-8-6-2/h15,19,21,27,40,47-57,59,61-65H,5-14,16-18,20,22-26,28-39,41-45H2,1-4H3,(H,60,66)/b19-15-,27-21-/t47-,48-,49+,50+,51+,52-,53-,54-,55+,56+,57-,59-/m1/s1. The van der Waals surface area contributed by atoms with Gasteiger partial charge in [-0.05, 0) is 108 Å². The fraction of sp³-hybridized carbons (Fsp3) is 0.881. The Morgan fingerprint density at radius 2 is 1.07 bits per heavy atom. The first-order valence-electron chi connectivity index (χ1n) is 29.0. The summed E-state index contributed by atoms with van der Waals surface area (Å²) in [4.78, 5) is 13.4. The van der Waals surface area contributed by atoms with Crippen LogP contribution in [0.3, 0.4) is 0 Å². The number of ether oxygens (including phenoxy) is 3. The smallest absolute Gasteiger partial charge is 0.249 e. The second-order valence-corrected chi connectivity index (χ2v) is 21.9. The topological polar surface area (TPSA) is 158 Å². The van der Waals surface area contributed by atoms with Crippen molar-refractivity contribution < 1.29 is 44.5 Å². The number of unbranched alkanes of at least 4 members (excludes halogenated alkanes) is 19. The average Bonchev–Trinajstić information content (AvgIpc) is 4.28. The van der Waals surface area contributed by atoms with Crippen LogP contribution in [-0.4, -0.2) is 100 Å². The van der Waals surface area contributed by atoms with Crippen molar-refractivity contribution in [2.24, 2.45) is 23.7 Å². The van der Waals surface area contributed by atoms with Gasteiger partial charge in [0.05, 0.1) is 32.0 Å². The molecule has 69 heavy (non-hydrogen) atoms. The first kappa shape index (κ1) is 61.7. The molecular weight excluding hydrogens is 867 g/mol. The van der Waals surface area contributed by atoms with E-state index in [0.717, 1.165) is 54.9 Å². The number of hydrogen-bond acceptors (Lipinski definition) is 9. The third-order valence-corrected chi connectivity index (χ3v) is 15.3. The van der Waals surface area contributed by atoms with Crippen LogP contribution < -0.4 is 5.32 Å². The fourth-order valence-electron chi connectivity index (χ4n) is 10.4. The van der Waals surface area contributed by atoms with E-state index in [9.17, 15) is 30.3 Å². The van der Waals surface area contributed by atoms with Gasteiger partial charge in [0.25, 0.3) is 0 Å². The van der Waals surface area contributed by atoms with Crippen LogP contribution in [0.5, 0.6) is 0 Å². The van der Waals surface area contributed by atoms with Crippen LogP contribution in [0.15, 0.2) is 36.0 Å². The van der Waals surface area contributed by atoms with E-state index in [1.807, 2.05) is 19.9 Å². The van der Waals surface area contributed by atoms with Crippen molar-refractivity contribution in [3.63, 3.8) is 0 Å². The van der Waals surface area contributed by atoms with E-state index < -0.39 is 61.5 Å². The van der Waals surface area contributed by atoms with Crippen LogP contribution in [0, 0.1) is 23.7 Å². The highest BCUT2D eigenvalue weighted by atomic mass is 16.7. The number of carbonyl (C=O) groups is 1. The lowest BCUT2D eigenvalue weighted by Crippen LogP contribution is -2.61. The third kappa shape index (κ3) is 28.4. The maximum absolute atomic E-state index is 13.4. The SMILES string of the molecule is CCCCCCCCCC[C@@H]1C[C@@H]1CCCC/C=C\CCC[C@@H](O)[C@H](CO[C@@H]1O[C@H](CO)[C@H](O)[C@H](O)[C@H]1OCC=C(C)C)NC(=O)[C@H](O)CC/C=C\CCCC[C@H]1C[C@H]1CCCCCCCCCC. The van der Waals surface area contributed by atoms with Crippen molar-refractivity contribution in [1.82, 2.24) is 5.32 Å². The first-order chi connectivity index (χ1) is 33.6. The molecule has 6 N–H and O–H groups in total. The minimum Gasteiger partial charge on any atom is -0.394 e. The molecule has 0 bridgehead atoms. The summed E-state index contributed by atoms with van der Waals surface area (Å²) in [6.07, 6.45) is 42.4. The molecule has 3 aliphatic rings. The molecular formula is C59H107NO9. The van der Waals surface area contributed by atoms with E-state index in [1.54, 1.807) is 0 Å². The van der Waals surface area contributed by atoms with Crippen LogP contribution in [0.2, 0.25) is 0 Å². The molecule has 3 fully saturated rings. The molecule has 1 heterocycles. The summed E-state index contributed by atoms with van der Waals surface area (Å²) in [6.45, 7) is 7.79. The Morgan fingerprint density at radius 3 is 1.57 bits per heavy atom. The third-order valence-electron chi connectivity index (χ3n) is 15.3. The minimum absolute atomic E-state index is 0.140. The lowest BCUT2D eigenvalue weighted by molar-refractivity contribution is -0.310. The fourth-order valence-corrected chi connectivity index (χ4v) is 10.4.